The molecule has 0 saturated heterocycles. The van der Waals surface area contributed by atoms with Crippen LogP contribution in [-0.2, 0) is 6.61 Å². The molecule has 2 aromatic heterocycles. The van der Waals surface area contributed by atoms with Gasteiger partial charge in [-0.2, -0.15) is 0 Å². The first-order valence-corrected chi connectivity index (χ1v) is 9.23. The van der Waals surface area contributed by atoms with E-state index >= 15 is 0 Å². The van der Waals surface area contributed by atoms with Crippen LogP contribution in [0.5, 0.6) is 0 Å². The quantitative estimate of drug-likeness (QED) is 0.170. The van der Waals surface area contributed by atoms with Crippen molar-refractivity contribution < 1.29 is 9.90 Å². The van der Waals surface area contributed by atoms with Crippen molar-refractivity contribution in [1.29, 1.82) is 5.41 Å². The van der Waals surface area contributed by atoms with Gasteiger partial charge < -0.3 is 26.1 Å². The normalized spacial score (nSPS) is 12.0. The number of aliphatic hydroxyl groups excluding tert-OH is 1. The number of nitrogens with two attached hydrogens (primary N) is 1. The molecule has 0 spiro atoms. The summed E-state index contributed by atoms with van der Waals surface area (Å²) < 4.78 is 0. The number of carbonyl (C=O) groups excluding carboxylic acids is 1. The molecule has 0 aliphatic rings. The third kappa shape index (κ3) is 5.02. The van der Waals surface area contributed by atoms with Crippen molar-refractivity contribution in [1.82, 2.24) is 25.6 Å². The number of aliphatic hydroxyl groups is 1. The average molecular weight is 416 g/mol. The molecule has 2 heterocycles. The van der Waals surface area contributed by atoms with Crippen LogP contribution in [0.25, 0.3) is 11.3 Å². The minimum Gasteiger partial charge on any atom is -0.390 e. The van der Waals surface area contributed by atoms with E-state index in [1.807, 2.05) is 12.1 Å². The predicted octanol–water partition coefficient (Wildman–Crippen LogP) is 1.81. The largest absolute Gasteiger partial charge is 0.390 e. The highest BCUT2D eigenvalue weighted by Crippen LogP contribution is 2.21. The van der Waals surface area contributed by atoms with Crippen molar-refractivity contribution in [3.05, 3.63) is 64.3 Å². The van der Waals surface area contributed by atoms with Crippen LogP contribution in [0, 0.1) is 12.3 Å². The number of aryl methyl sites for hydroxylation is 1. The van der Waals surface area contributed by atoms with E-state index in [1.54, 1.807) is 31.2 Å². The Labute approximate surface area is 172 Å². The molecule has 3 aromatic rings. The number of aromatic amines is 2. The zero-order chi connectivity index (χ0) is 21.0. The molecule has 0 fully saturated rings. The SMILES string of the molecule is Cc1nc(C(NCC(=N)N)NC(=O)c2ccc(-c3ccc(Cl)cc3)[nH]2)[nH]c1CO. The summed E-state index contributed by atoms with van der Waals surface area (Å²) in [6.45, 7) is 1.60. The molecule has 8 N–H and O–H groups in total. The van der Waals surface area contributed by atoms with E-state index in [0.717, 1.165) is 11.3 Å². The van der Waals surface area contributed by atoms with Gasteiger partial charge in [-0.05, 0) is 36.8 Å². The molecular weight excluding hydrogens is 394 g/mol. The number of halogens is 1. The van der Waals surface area contributed by atoms with Crippen LogP contribution >= 0.6 is 11.6 Å². The highest BCUT2D eigenvalue weighted by atomic mass is 35.5. The smallest absolute Gasteiger partial charge is 0.269 e. The van der Waals surface area contributed by atoms with Crippen molar-refractivity contribution in [3.8, 4) is 11.3 Å². The standard InChI is InChI=1S/C19H22ClN7O2/c1-10-15(9-28)26-18(24-10)17(23-8-16(21)22)27-19(29)14-7-6-13(25-14)11-2-4-12(20)5-3-11/h2-7,17,23,25,28H,8-9H2,1H3,(H3,21,22)(H,24,26)(H,27,29). The lowest BCUT2D eigenvalue weighted by atomic mass is 10.2. The minimum absolute atomic E-state index is 0.0555. The number of hydrogen-bond acceptors (Lipinski definition) is 5. The third-order valence-corrected chi connectivity index (χ3v) is 4.55. The van der Waals surface area contributed by atoms with Gasteiger partial charge >= 0.3 is 0 Å². The van der Waals surface area contributed by atoms with Crippen LogP contribution in [0.4, 0.5) is 0 Å². The first-order chi connectivity index (χ1) is 13.9. The van der Waals surface area contributed by atoms with Gasteiger partial charge in [0.25, 0.3) is 5.91 Å². The number of carbonyl (C=O) groups is 1. The van der Waals surface area contributed by atoms with E-state index in [-0.39, 0.29) is 24.9 Å². The Bertz CT molecular complexity index is 1010. The average Bonchev–Trinajstić information content (AvgIpc) is 3.32. The molecule has 0 saturated carbocycles. The van der Waals surface area contributed by atoms with Crippen LogP contribution in [0.3, 0.4) is 0 Å². The van der Waals surface area contributed by atoms with Crippen molar-refractivity contribution in [2.24, 2.45) is 5.73 Å². The summed E-state index contributed by atoms with van der Waals surface area (Å²) in [6, 6.07) is 10.7. The first kappa shape index (κ1) is 20.6. The third-order valence-electron chi connectivity index (χ3n) is 4.29. The number of H-pyrrole nitrogens is 2. The summed E-state index contributed by atoms with van der Waals surface area (Å²) in [5, 5.41) is 23.2. The number of imidazole rings is 1. The predicted molar refractivity (Wildman–Crippen MR) is 111 cm³/mol. The number of amides is 1. The van der Waals surface area contributed by atoms with Crippen LogP contribution in [0.15, 0.2) is 36.4 Å². The Hall–Kier alpha value is -3.14. The molecule has 3 rings (SSSR count). The Morgan fingerprint density at radius 1 is 1.28 bits per heavy atom. The van der Waals surface area contributed by atoms with E-state index in [1.165, 1.54) is 0 Å². The highest BCUT2D eigenvalue weighted by Gasteiger charge is 2.21. The summed E-state index contributed by atoms with van der Waals surface area (Å²) in [5.41, 5.74) is 8.62. The second kappa shape index (κ2) is 8.91. The molecule has 152 valence electrons. The van der Waals surface area contributed by atoms with E-state index in [4.69, 9.17) is 22.7 Å². The van der Waals surface area contributed by atoms with Gasteiger partial charge in [-0.25, -0.2) is 4.98 Å². The molecule has 9 nitrogen and oxygen atoms in total. The number of benzene rings is 1. The van der Waals surface area contributed by atoms with E-state index in [2.05, 4.69) is 25.6 Å². The lowest BCUT2D eigenvalue weighted by molar-refractivity contribution is 0.0923. The fourth-order valence-electron chi connectivity index (χ4n) is 2.77. The Kier molecular flexibility index (Phi) is 6.32. The molecule has 1 atom stereocenters. The summed E-state index contributed by atoms with van der Waals surface area (Å²) in [6.07, 6.45) is -0.729. The van der Waals surface area contributed by atoms with Crippen LogP contribution in [-0.4, -0.2) is 38.3 Å². The molecule has 29 heavy (non-hydrogen) atoms. The van der Waals surface area contributed by atoms with Gasteiger partial charge in [0.1, 0.15) is 23.5 Å². The fraction of sp³-hybridized carbons (Fsp3) is 0.211. The molecule has 1 amide bonds. The van der Waals surface area contributed by atoms with E-state index < -0.39 is 6.17 Å². The molecule has 1 aromatic carbocycles. The number of nitrogens with one attached hydrogen (secondary N) is 5. The molecule has 0 bridgehead atoms. The Morgan fingerprint density at radius 2 is 2.00 bits per heavy atom. The molecule has 10 heteroatoms. The number of hydrogen-bond donors (Lipinski definition) is 7. The lowest BCUT2D eigenvalue weighted by Gasteiger charge is -2.17. The van der Waals surface area contributed by atoms with E-state index in [0.29, 0.717) is 27.9 Å². The highest BCUT2D eigenvalue weighted by molar-refractivity contribution is 6.30. The van der Waals surface area contributed by atoms with Crippen molar-refractivity contribution in [2.45, 2.75) is 19.7 Å². The first-order valence-electron chi connectivity index (χ1n) is 8.85. The van der Waals surface area contributed by atoms with E-state index in [9.17, 15) is 9.90 Å². The van der Waals surface area contributed by atoms with Gasteiger partial charge in [-0.15, -0.1) is 0 Å². The van der Waals surface area contributed by atoms with Gasteiger partial charge in [0.05, 0.1) is 24.5 Å². The number of rotatable bonds is 8. The fourth-order valence-corrected chi connectivity index (χ4v) is 2.90. The maximum atomic E-state index is 12.8. The number of aromatic nitrogens is 3. The maximum absolute atomic E-state index is 12.8. The zero-order valence-electron chi connectivity index (χ0n) is 15.7. The monoisotopic (exact) mass is 415 g/mol. The summed E-state index contributed by atoms with van der Waals surface area (Å²) in [5.74, 6) is -0.0451. The number of amidine groups is 1. The van der Waals surface area contributed by atoms with Crippen LogP contribution in [0.2, 0.25) is 5.02 Å². The maximum Gasteiger partial charge on any atom is 0.269 e. The molecule has 0 radical (unpaired) electrons. The van der Waals surface area contributed by atoms with Crippen LogP contribution in [0.1, 0.15) is 33.9 Å². The van der Waals surface area contributed by atoms with Gasteiger partial charge in [-0.1, -0.05) is 23.7 Å². The molecule has 0 aliphatic heterocycles. The Balaban J connectivity index is 1.78. The molecule has 0 aliphatic carbocycles. The number of nitrogens with zero attached hydrogens (tertiary/aromatic N) is 1. The Morgan fingerprint density at radius 3 is 2.62 bits per heavy atom. The van der Waals surface area contributed by atoms with Gasteiger partial charge in [0.2, 0.25) is 0 Å². The zero-order valence-corrected chi connectivity index (χ0v) is 16.5. The summed E-state index contributed by atoms with van der Waals surface area (Å²) in [7, 11) is 0. The summed E-state index contributed by atoms with van der Waals surface area (Å²) in [4.78, 5) is 23.1. The van der Waals surface area contributed by atoms with Crippen molar-refractivity contribution >= 4 is 23.3 Å². The molecule has 1 unspecified atom stereocenters. The summed E-state index contributed by atoms with van der Waals surface area (Å²) >= 11 is 5.92. The van der Waals surface area contributed by atoms with Crippen molar-refractivity contribution in [2.75, 3.05) is 6.54 Å². The molecular formula is C19H22ClN7O2. The van der Waals surface area contributed by atoms with Gasteiger partial charge in [0.15, 0.2) is 0 Å². The van der Waals surface area contributed by atoms with Gasteiger partial charge in [-0.3, -0.25) is 15.5 Å². The minimum atomic E-state index is -0.729. The topological polar surface area (TPSA) is 156 Å². The van der Waals surface area contributed by atoms with Crippen LogP contribution < -0.4 is 16.4 Å². The lowest BCUT2D eigenvalue weighted by Crippen LogP contribution is -2.42. The van der Waals surface area contributed by atoms with Crippen molar-refractivity contribution in [3.63, 3.8) is 0 Å². The second-order valence-corrected chi connectivity index (χ2v) is 6.89. The second-order valence-electron chi connectivity index (χ2n) is 6.45. The van der Waals surface area contributed by atoms with Gasteiger partial charge in [0, 0.05) is 10.7 Å².